The van der Waals surface area contributed by atoms with Crippen molar-refractivity contribution in [1.29, 1.82) is 5.26 Å². The Morgan fingerprint density at radius 2 is 1.84 bits per heavy atom. The predicted octanol–water partition coefficient (Wildman–Crippen LogP) is 2.92. The highest BCUT2D eigenvalue weighted by Crippen LogP contribution is 2.29. The molecule has 2 aromatic carbocycles. The van der Waals surface area contributed by atoms with Gasteiger partial charge in [-0.25, -0.2) is 0 Å². The second-order valence-corrected chi connectivity index (χ2v) is 4.50. The van der Waals surface area contributed by atoms with Crippen molar-refractivity contribution in [3.8, 4) is 6.07 Å². The van der Waals surface area contributed by atoms with E-state index in [0.717, 1.165) is 29.4 Å². The maximum Gasteiger partial charge on any atom is 0.0998 e. The fourth-order valence-electron chi connectivity index (χ4n) is 2.40. The SMILES string of the molecule is CCCN(CCO)c1ccc(C#N)c2ccccc12. The summed E-state index contributed by atoms with van der Waals surface area (Å²) in [5, 5.41) is 20.4. The molecule has 0 saturated carbocycles. The summed E-state index contributed by atoms with van der Waals surface area (Å²) in [6.07, 6.45) is 1.02. The fraction of sp³-hybridized carbons (Fsp3) is 0.312. The number of anilines is 1. The van der Waals surface area contributed by atoms with Crippen molar-refractivity contribution in [1.82, 2.24) is 0 Å². The van der Waals surface area contributed by atoms with E-state index in [9.17, 15) is 5.11 Å². The van der Waals surface area contributed by atoms with Crippen molar-refractivity contribution in [2.45, 2.75) is 13.3 Å². The van der Waals surface area contributed by atoms with E-state index in [2.05, 4.69) is 17.9 Å². The van der Waals surface area contributed by atoms with Gasteiger partial charge in [0.05, 0.1) is 18.2 Å². The summed E-state index contributed by atoms with van der Waals surface area (Å²) in [6.45, 7) is 3.77. The van der Waals surface area contributed by atoms with Gasteiger partial charge in [0.25, 0.3) is 0 Å². The van der Waals surface area contributed by atoms with Gasteiger partial charge in [0.1, 0.15) is 0 Å². The van der Waals surface area contributed by atoms with E-state index in [0.29, 0.717) is 12.1 Å². The molecule has 19 heavy (non-hydrogen) atoms. The molecule has 0 amide bonds. The van der Waals surface area contributed by atoms with Gasteiger partial charge in [-0.2, -0.15) is 5.26 Å². The summed E-state index contributed by atoms with van der Waals surface area (Å²) in [7, 11) is 0. The topological polar surface area (TPSA) is 47.3 Å². The van der Waals surface area contributed by atoms with Gasteiger partial charge < -0.3 is 10.0 Å². The van der Waals surface area contributed by atoms with Gasteiger partial charge in [-0.1, -0.05) is 31.2 Å². The lowest BCUT2D eigenvalue weighted by Crippen LogP contribution is -2.27. The summed E-state index contributed by atoms with van der Waals surface area (Å²) < 4.78 is 0. The molecular formula is C16H18N2O. The summed E-state index contributed by atoms with van der Waals surface area (Å²) in [6, 6.07) is 14.0. The Labute approximate surface area is 113 Å². The number of nitrogens with zero attached hydrogens (tertiary/aromatic N) is 2. The van der Waals surface area contributed by atoms with Gasteiger partial charge in [-0.05, 0) is 18.6 Å². The largest absolute Gasteiger partial charge is 0.395 e. The number of benzene rings is 2. The van der Waals surface area contributed by atoms with Crippen LogP contribution in [0.15, 0.2) is 36.4 Å². The highest BCUT2D eigenvalue weighted by molar-refractivity contribution is 5.97. The van der Waals surface area contributed by atoms with Gasteiger partial charge in [-0.15, -0.1) is 0 Å². The van der Waals surface area contributed by atoms with Crippen LogP contribution in [0, 0.1) is 11.3 Å². The van der Waals surface area contributed by atoms with Crippen LogP contribution < -0.4 is 4.90 Å². The van der Waals surface area contributed by atoms with Crippen molar-refractivity contribution in [2.24, 2.45) is 0 Å². The smallest absolute Gasteiger partial charge is 0.0998 e. The van der Waals surface area contributed by atoms with Crippen LogP contribution >= 0.6 is 0 Å². The second kappa shape index (κ2) is 6.21. The number of aliphatic hydroxyl groups excluding tert-OH is 1. The molecule has 3 nitrogen and oxygen atoms in total. The third-order valence-corrected chi connectivity index (χ3v) is 3.23. The maximum absolute atomic E-state index is 9.20. The van der Waals surface area contributed by atoms with Crippen molar-refractivity contribution in [3.63, 3.8) is 0 Å². The summed E-state index contributed by atoms with van der Waals surface area (Å²) in [5.74, 6) is 0. The molecule has 0 bridgehead atoms. The van der Waals surface area contributed by atoms with Gasteiger partial charge in [0.2, 0.25) is 0 Å². The molecule has 0 radical (unpaired) electrons. The summed E-state index contributed by atoms with van der Waals surface area (Å²) in [4.78, 5) is 2.17. The van der Waals surface area contributed by atoms with Gasteiger partial charge in [-0.3, -0.25) is 0 Å². The minimum absolute atomic E-state index is 0.133. The molecule has 98 valence electrons. The lowest BCUT2D eigenvalue weighted by Gasteiger charge is -2.25. The molecule has 0 atom stereocenters. The molecule has 0 spiro atoms. The lowest BCUT2D eigenvalue weighted by atomic mass is 10.0. The van der Waals surface area contributed by atoms with E-state index in [1.807, 2.05) is 36.4 Å². The lowest BCUT2D eigenvalue weighted by molar-refractivity contribution is 0.302. The zero-order chi connectivity index (χ0) is 13.7. The molecule has 0 saturated heterocycles. The average Bonchev–Trinajstić information content (AvgIpc) is 2.46. The average molecular weight is 254 g/mol. The minimum atomic E-state index is 0.133. The fourth-order valence-corrected chi connectivity index (χ4v) is 2.40. The Balaban J connectivity index is 2.57. The highest BCUT2D eigenvalue weighted by atomic mass is 16.3. The van der Waals surface area contributed by atoms with Crippen LogP contribution in [0.2, 0.25) is 0 Å². The Hall–Kier alpha value is -2.05. The second-order valence-electron chi connectivity index (χ2n) is 4.50. The molecule has 3 heteroatoms. The monoisotopic (exact) mass is 254 g/mol. The Bertz CT molecular complexity index is 595. The van der Waals surface area contributed by atoms with Crippen LogP contribution in [0.4, 0.5) is 5.69 Å². The first-order chi connectivity index (χ1) is 9.31. The quantitative estimate of drug-likeness (QED) is 0.892. The first-order valence-corrected chi connectivity index (χ1v) is 6.59. The standard InChI is InChI=1S/C16H18N2O/c1-2-9-18(10-11-19)16-8-7-13(12-17)14-5-3-4-6-15(14)16/h3-8,19H,2,9-11H2,1H3. The third-order valence-electron chi connectivity index (χ3n) is 3.23. The van der Waals surface area contributed by atoms with Gasteiger partial charge >= 0.3 is 0 Å². The Kier molecular flexibility index (Phi) is 4.38. The molecular weight excluding hydrogens is 236 g/mol. The molecule has 0 fully saturated rings. The molecule has 2 aromatic rings. The number of hydrogen-bond acceptors (Lipinski definition) is 3. The highest BCUT2D eigenvalue weighted by Gasteiger charge is 2.11. The van der Waals surface area contributed by atoms with E-state index < -0.39 is 0 Å². The number of fused-ring (bicyclic) bond motifs is 1. The minimum Gasteiger partial charge on any atom is -0.395 e. The normalized spacial score (nSPS) is 10.4. The van der Waals surface area contributed by atoms with Gasteiger partial charge in [0.15, 0.2) is 0 Å². The van der Waals surface area contributed by atoms with Gasteiger partial charge in [0, 0.05) is 29.5 Å². The van der Waals surface area contributed by atoms with Crippen molar-refractivity contribution in [2.75, 3.05) is 24.6 Å². The molecule has 0 heterocycles. The van der Waals surface area contributed by atoms with E-state index in [1.54, 1.807) is 0 Å². The van der Waals surface area contributed by atoms with E-state index in [-0.39, 0.29) is 6.61 Å². The first-order valence-electron chi connectivity index (χ1n) is 6.59. The van der Waals surface area contributed by atoms with Crippen LogP contribution in [-0.4, -0.2) is 24.8 Å². The van der Waals surface area contributed by atoms with E-state index in [1.165, 1.54) is 0 Å². The zero-order valence-corrected chi connectivity index (χ0v) is 11.1. The predicted molar refractivity (Wildman–Crippen MR) is 78.3 cm³/mol. The molecule has 0 aliphatic heterocycles. The molecule has 0 aliphatic rings. The molecule has 0 aromatic heterocycles. The first kappa shape index (κ1) is 13.4. The number of rotatable bonds is 5. The molecule has 2 rings (SSSR count). The van der Waals surface area contributed by atoms with Crippen LogP contribution in [0.5, 0.6) is 0 Å². The molecule has 0 unspecified atom stereocenters. The summed E-state index contributed by atoms with van der Waals surface area (Å²) in [5.41, 5.74) is 1.78. The zero-order valence-electron chi connectivity index (χ0n) is 11.1. The van der Waals surface area contributed by atoms with Crippen LogP contribution in [0.25, 0.3) is 10.8 Å². The van der Waals surface area contributed by atoms with Crippen LogP contribution in [0.1, 0.15) is 18.9 Å². The summed E-state index contributed by atoms with van der Waals surface area (Å²) >= 11 is 0. The number of hydrogen-bond donors (Lipinski definition) is 1. The third kappa shape index (κ3) is 2.69. The van der Waals surface area contributed by atoms with Crippen LogP contribution in [0.3, 0.4) is 0 Å². The molecule has 0 aliphatic carbocycles. The van der Waals surface area contributed by atoms with Crippen LogP contribution in [-0.2, 0) is 0 Å². The number of aliphatic hydroxyl groups is 1. The van der Waals surface area contributed by atoms with Crippen molar-refractivity contribution in [3.05, 3.63) is 42.0 Å². The number of nitriles is 1. The van der Waals surface area contributed by atoms with E-state index >= 15 is 0 Å². The Morgan fingerprint density at radius 3 is 2.47 bits per heavy atom. The van der Waals surface area contributed by atoms with Crippen molar-refractivity contribution >= 4 is 16.5 Å². The molecule has 1 N–H and O–H groups in total. The van der Waals surface area contributed by atoms with E-state index in [4.69, 9.17) is 5.26 Å². The maximum atomic E-state index is 9.20. The Morgan fingerprint density at radius 1 is 1.11 bits per heavy atom. The van der Waals surface area contributed by atoms with Crippen molar-refractivity contribution < 1.29 is 5.11 Å².